The minimum Gasteiger partial charge on any atom is -0.485 e. The van der Waals surface area contributed by atoms with Crippen LogP contribution in [0.4, 0.5) is 5.69 Å². The molecule has 1 aliphatic rings. The predicted octanol–water partition coefficient (Wildman–Crippen LogP) is 3.23. The molecule has 2 aromatic carbocycles. The molecule has 0 bridgehead atoms. The molecule has 0 aromatic heterocycles. The average molecular weight is 469 g/mol. The molecule has 28 heavy (non-hydrogen) atoms. The third kappa shape index (κ3) is 4.86. The van der Waals surface area contributed by atoms with Crippen molar-refractivity contribution >= 4 is 31.6 Å². The van der Waals surface area contributed by atoms with Crippen LogP contribution in [0.3, 0.4) is 0 Å². The number of anilines is 1. The SMILES string of the molecule is CC1(C)Oc2cc(NS(C)(=O)=O)c(Br)cc2C(NCCc2ccccc2)C1O. The van der Waals surface area contributed by atoms with E-state index in [2.05, 4.69) is 38.1 Å². The Bertz CT molecular complexity index is 948. The second kappa shape index (κ2) is 8.02. The second-order valence-electron chi connectivity index (χ2n) is 7.56. The molecular formula is C20H25BrN2O4S. The number of rotatable bonds is 6. The van der Waals surface area contributed by atoms with Gasteiger partial charge in [-0.3, -0.25) is 4.72 Å². The van der Waals surface area contributed by atoms with Gasteiger partial charge in [-0.1, -0.05) is 30.3 Å². The molecule has 1 heterocycles. The third-order valence-electron chi connectivity index (χ3n) is 4.75. The lowest BCUT2D eigenvalue weighted by atomic mass is 9.86. The summed E-state index contributed by atoms with van der Waals surface area (Å²) in [6, 6.07) is 13.2. The molecule has 0 spiro atoms. The number of fused-ring (bicyclic) bond motifs is 1. The Labute approximate surface area is 174 Å². The summed E-state index contributed by atoms with van der Waals surface area (Å²) >= 11 is 3.42. The summed E-state index contributed by atoms with van der Waals surface area (Å²) < 4.78 is 32.3. The first-order valence-electron chi connectivity index (χ1n) is 9.02. The molecule has 2 aromatic rings. The zero-order chi connectivity index (χ0) is 20.5. The minimum atomic E-state index is -3.42. The van der Waals surface area contributed by atoms with Gasteiger partial charge in [-0.25, -0.2) is 8.42 Å². The van der Waals surface area contributed by atoms with E-state index < -0.39 is 21.7 Å². The van der Waals surface area contributed by atoms with Crippen molar-refractivity contribution in [3.8, 4) is 5.75 Å². The van der Waals surface area contributed by atoms with Gasteiger partial charge in [0.1, 0.15) is 17.5 Å². The van der Waals surface area contributed by atoms with Crippen LogP contribution in [0.15, 0.2) is 46.9 Å². The first-order chi connectivity index (χ1) is 13.1. The normalized spacial score (nSPS) is 20.9. The predicted molar refractivity (Wildman–Crippen MR) is 114 cm³/mol. The number of halogens is 1. The smallest absolute Gasteiger partial charge is 0.229 e. The van der Waals surface area contributed by atoms with Gasteiger partial charge in [0.25, 0.3) is 0 Å². The fourth-order valence-corrected chi connectivity index (χ4v) is 4.49. The fraction of sp³-hybridized carbons (Fsp3) is 0.400. The lowest BCUT2D eigenvalue weighted by molar-refractivity contribution is -0.0643. The van der Waals surface area contributed by atoms with Gasteiger partial charge in [-0.15, -0.1) is 0 Å². The van der Waals surface area contributed by atoms with Gasteiger partial charge < -0.3 is 15.2 Å². The van der Waals surface area contributed by atoms with Crippen LogP contribution >= 0.6 is 15.9 Å². The Kier molecular flexibility index (Phi) is 6.05. The highest BCUT2D eigenvalue weighted by Crippen LogP contribution is 2.43. The zero-order valence-electron chi connectivity index (χ0n) is 16.1. The molecule has 2 unspecified atom stereocenters. The maximum absolute atomic E-state index is 11.6. The highest BCUT2D eigenvalue weighted by molar-refractivity contribution is 9.10. The quantitative estimate of drug-likeness (QED) is 0.605. The van der Waals surface area contributed by atoms with Gasteiger partial charge in [0, 0.05) is 16.1 Å². The molecule has 2 atom stereocenters. The summed E-state index contributed by atoms with van der Waals surface area (Å²) in [5, 5.41) is 14.3. The number of nitrogens with one attached hydrogen (secondary N) is 2. The van der Waals surface area contributed by atoms with Gasteiger partial charge in [0.05, 0.1) is 18.0 Å². The van der Waals surface area contributed by atoms with Crippen LogP contribution in [-0.4, -0.2) is 38.0 Å². The van der Waals surface area contributed by atoms with Crippen LogP contribution in [0.2, 0.25) is 0 Å². The molecule has 0 radical (unpaired) electrons. The Hall–Kier alpha value is -1.61. The van der Waals surface area contributed by atoms with Crippen LogP contribution in [-0.2, 0) is 16.4 Å². The molecule has 3 N–H and O–H groups in total. The maximum Gasteiger partial charge on any atom is 0.229 e. The lowest BCUT2D eigenvalue weighted by Crippen LogP contribution is -2.52. The van der Waals surface area contributed by atoms with E-state index in [0.717, 1.165) is 18.2 Å². The summed E-state index contributed by atoms with van der Waals surface area (Å²) in [6.07, 6.45) is 1.16. The van der Waals surface area contributed by atoms with E-state index in [-0.39, 0.29) is 6.04 Å². The van der Waals surface area contributed by atoms with Gasteiger partial charge >= 0.3 is 0 Å². The third-order valence-corrected chi connectivity index (χ3v) is 6.00. The summed E-state index contributed by atoms with van der Waals surface area (Å²) in [5.74, 6) is 0.543. The molecule has 3 rings (SSSR count). The molecule has 0 aliphatic carbocycles. The number of aliphatic hydroxyl groups excluding tert-OH is 1. The number of ether oxygens (including phenoxy) is 1. The molecule has 0 saturated carbocycles. The van der Waals surface area contributed by atoms with Crippen LogP contribution < -0.4 is 14.8 Å². The van der Waals surface area contributed by atoms with Gasteiger partial charge in [-0.2, -0.15) is 0 Å². The number of sulfonamides is 1. The Morgan fingerprint density at radius 3 is 2.54 bits per heavy atom. The molecule has 6 nitrogen and oxygen atoms in total. The first-order valence-corrected chi connectivity index (χ1v) is 11.7. The topological polar surface area (TPSA) is 87.7 Å². The van der Waals surface area contributed by atoms with Crippen molar-refractivity contribution in [2.75, 3.05) is 17.5 Å². The van der Waals surface area contributed by atoms with Crippen molar-refractivity contribution in [1.29, 1.82) is 0 Å². The van der Waals surface area contributed by atoms with Crippen LogP contribution in [0.5, 0.6) is 5.75 Å². The minimum absolute atomic E-state index is 0.342. The average Bonchev–Trinajstić information content (AvgIpc) is 2.59. The Balaban J connectivity index is 1.87. The van der Waals surface area contributed by atoms with Crippen molar-refractivity contribution < 1.29 is 18.3 Å². The number of aliphatic hydroxyl groups is 1. The highest BCUT2D eigenvalue weighted by Gasteiger charge is 2.43. The Morgan fingerprint density at radius 2 is 1.89 bits per heavy atom. The van der Waals surface area contributed by atoms with Crippen LogP contribution in [0.1, 0.15) is 31.0 Å². The number of hydrogen-bond acceptors (Lipinski definition) is 5. The van der Waals surface area contributed by atoms with E-state index in [9.17, 15) is 13.5 Å². The first kappa shape index (κ1) is 21.1. The molecule has 0 saturated heterocycles. The monoisotopic (exact) mass is 468 g/mol. The Morgan fingerprint density at radius 1 is 1.21 bits per heavy atom. The summed E-state index contributed by atoms with van der Waals surface area (Å²) in [6.45, 7) is 4.32. The van der Waals surface area contributed by atoms with Crippen molar-refractivity contribution in [1.82, 2.24) is 5.32 Å². The number of hydrogen-bond donors (Lipinski definition) is 3. The van der Waals surface area contributed by atoms with E-state index in [0.29, 0.717) is 22.5 Å². The summed E-state index contributed by atoms with van der Waals surface area (Å²) in [5.41, 5.74) is 1.57. The fourth-order valence-electron chi connectivity index (χ4n) is 3.33. The molecular weight excluding hydrogens is 444 g/mol. The molecule has 8 heteroatoms. The van der Waals surface area contributed by atoms with Crippen molar-refractivity contribution in [3.63, 3.8) is 0 Å². The second-order valence-corrected chi connectivity index (χ2v) is 10.2. The van der Waals surface area contributed by atoms with Crippen LogP contribution in [0, 0.1) is 0 Å². The van der Waals surface area contributed by atoms with E-state index in [1.165, 1.54) is 5.56 Å². The van der Waals surface area contributed by atoms with Gasteiger partial charge in [-0.05, 0) is 54.4 Å². The van der Waals surface area contributed by atoms with E-state index in [1.54, 1.807) is 12.1 Å². The van der Waals surface area contributed by atoms with Crippen molar-refractivity contribution in [2.24, 2.45) is 0 Å². The largest absolute Gasteiger partial charge is 0.485 e. The number of benzene rings is 2. The standard InChI is InChI=1S/C20H25BrN2O4S/c1-20(2)19(24)18(22-10-9-13-7-5-4-6-8-13)14-11-15(21)16(12-17(14)27-20)23-28(3,25)26/h4-8,11-12,18-19,22-24H,9-10H2,1-3H3. The zero-order valence-corrected chi connectivity index (χ0v) is 18.5. The summed E-state index contributed by atoms with van der Waals surface area (Å²) in [7, 11) is -3.42. The van der Waals surface area contributed by atoms with Crippen LogP contribution in [0.25, 0.3) is 0 Å². The molecule has 0 fully saturated rings. The maximum atomic E-state index is 11.6. The van der Waals surface area contributed by atoms with E-state index in [4.69, 9.17) is 4.74 Å². The highest BCUT2D eigenvalue weighted by atomic mass is 79.9. The van der Waals surface area contributed by atoms with Gasteiger partial charge in [0.2, 0.25) is 10.0 Å². The molecule has 1 aliphatic heterocycles. The molecule has 152 valence electrons. The van der Waals surface area contributed by atoms with Gasteiger partial charge in [0.15, 0.2) is 0 Å². The summed E-state index contributed by atoms with van der Waals surface area (Å²) in [4.78, 5) is 0. The molecule has 0 amide bonds. The lowest BCUT2D eigenvalue weighted by Gasteiger charge is -2.42. The van der Waals surface area contributed by atoms with Crippen molar-refractivity contribution in [3.05, 3.63) is 58.1 Å². The van der Waals surface area contributed by atoms with E-state index in [1.807, 2.05) is 32.0 Å². The van der Waals surface area contributed by atoms with E-state index >= 15 is 0 Å². The van der Waals surface area contributed by atoms with Crippen molar-refractivity contribution in [2.45, 2.75) is 38.0 Å².